The molecule has 0 aromatic carbocycles. The lowest BCUT2D eigenvalue weighted by Crippen LogP contribution is -2.40. The van der Waals surface area contributed by atoms with E-state index in [1.165, 1.54) is 17.7 Å². The zero-order chi connectivity index (χ0) is 27.4. The second-order valence-electron chi connectivity index (χ2n) is 11.4. The van der Waals surface area contributed by atoms with E-state index in [-0.39, 0.29) is 39.6 Å². The summed E-state index contributed by atoms with van der Waals surface area (Å²) in [6.07, 6.45) is 6.11. The lowest BCUT2D eigenvalue weighted by Gasteiger charge is -2.28. The lowest BCUT2D eigenvalue weighted by atomic mass is 10.1. The number of likely N-dealkylation sites (tertiary alicyclic amines) is 2. The van der Waals surface area contributed by atoms with E-state index in [1.807, 2.05) is 20.8 Å². The van der Waals surface area contributed by atoms with Crippen LogP contribution in [-0.2, 0) is 19.0 Å². The second kappa shape index (κ2) is 16.8. The fraction of sp³-hybridized carbons (Fsp3) is 0.885. The monoisotopic (exact) mass is 527 g/mol. The van der Waals surface area contributed by atoms with E-state index in [2.05, 4.69) is 0 Å². The molecule has 0 saturated carbocycles. The first-order chi connectivity index (χ1) is 16.7. The van der Waals surface area contributed by atoms with Crippen LogP contribution in [0.25, 0.3) is 0 Å². The van der Waals surface area contributed by atoms with Crippen LogP contribution in [0.2, 0.25) is 0 Å². The number of carboxylic acids is 1. The molecule has 2 atom stereocenters. The zero-order valence-electron chi connectivity index (χ0n) is 23.7. The van der Waals surface area contributed by atoms with Crippen molar-refractivity contribution in [3.05, 3.63) is 0 Å². The van der Waals surface area contributed by atoms with E-state index in [1.54, 1.807) is 25.7 Å². The van der Waals surface area contributed by atoms with Crippen LogP contribution in [0, 0.1) is 0 Å². The molecule has 3 rings (SSSR count). The molecule has 213 valence electrons. The van der Waals surface area contributed by atoms with Crippen LogP contribution in [-0.4, -0.2) is 103 Å². The molecule has 3 saturated heterocycles. The molecule has 2 amide bonds. The number of rotatable bonds is 4. The van der Waals surface area contributed by atoms with Crippen LogP contribution < -0.4 is 0 Å². The molecule has 3 fully saturated rings. The third-order valence-corrected chi connectivity index (χ3v) is 5.71. The fourth-order valence-corrected chi connectivity index (χ4v) is 4.17. The zero-order valence-corrected chi connectivity index (χ0v) is 23.7. The number of carbonyl (C=O) groups is 3. The number of amides is 2. The van der Waals surface area contributed by atoms with Gasteiger partial charge in [0.1, 0.15) is 11.2 Å². The van der Waals surface area contributed by atoms with Gasteiger partial charge in [-0.15, -0.1) is 0 Å². The van der Waals surface area contributed by atoms with Crippen LogP contribution in [0.1, 0.15) is 92.9 Å². The van der Waals surface area contributed by atoms with Crippen molar-refractivity contribution in [2.45, 2.75) is 116 Å². The summed E-state index contributed by atoms with van der Waals surface area (Å²) < 4.78 is 15.5. The number of carbonyl (C=O) groups excluding carboxylic acids is 2. The van der Waals surface area contributed by atoms with Crippen molar-refractivity contribution in [1.29, 1.82) is 0 Å². The Kier molecular flexibility index (Phi) is 15.8. The van der Waals surface area contributed by atoms with Crippen LogP contribution in [0.15, 0.2) is 0 Å². The van der Waals surface area contributed by atoms with Gasteiger partial charge < -0.3 is 34.2 Å². The third-order valence-electron chi connectivity index (χ3n) is 5.71. The largest absolute Gasteiger partial charge is 0.481 e. The van der Waals surface area contributed by atoms with Gasteiger partial charge in [0, 0.05) is 53.4 Å². The Labute approximate surface area is 224 Å². The predicted octanol–water partition coefficient (Wildman–Crippen LogP) is 4.04. The molecular formula is C26H48BN2O8. The summed E-state index contributed by atoms with van der Waals surface area (Å²) in [6, 6.07) is -0.0581. The van der Waals surface area contributed by atoms with E-state index in [4.69, 9.17) is 24.4 Å². The van der Waals surface area contributed by atoms with Crippen LogP contribution >= 0.6 is 0 Å². The van der Waals surface area contributed by atoms with Crippen molar-refractivity contribution in [2.75, 3.05) is 32.9 Å². The first-order valence-electron chi connectivity index (χ1n) is 13.1. The van der Waals surface area contributed by atoms with E-state index in [0.717, 1.165) is 45.4 Å². The maximum Gasteiger partial charge on any atom is 0.410 e. The lowest BCUT2D eigenvalue weighted by molar-refractivity contribution is -0.138. The van der Waals surface area contributed by atoms with Gasteiger partial charge in [0.15, 0.2) is 0 Å². The number of aliphatic hydroxyl groups excluding tert-OH is 1. The molecule has 37 heavy (non-hydrogen) atoms. The standard InChI is InChI=1S/C11H19NO4.C11H21NO3.C4H8O.B/c1-11(2,3)16-10(15)12-6-4-5-8(12)7-9(13)14;1-11(2,3)15-10(14)12-7-4-5-9(12)6-8-13;1-2-4-5-3-1;/h8H,4-7H2,1-3H3,(H,13,14);9,13H,4-8H2,1-3H3;1-4H2;/t8-;9-;;/m00../s1. The molecule has 0 spiro atoms. The smallest absolute Gasteiger partial charge is 0.410 e. The Balaban J connectivity index is 0.000000576. The van der Waals surface area contributed by atoms with E-state index < -0.39 is 23.3 Å². The highest BCUT2D eigenvalue weighted by atomic mass is 16.6. The van der Waals surface area contributed by atoms with Gasteiger partial charge in [-0.1, -0.05) is 0 Å². The molecule has 0 unspecified atom stereocenters. The van der Waals surface area contributed by atoms with Gasteiger partial charge in [0.25, 0.3) is 0 Å². The Hall–Kier alpha value is -2.01. The summed E-state index contributed by atoms with van der Waals surface area (Å²) in [6.45, 7) is 14.5. The van der Waals surface area contributed by atoms with E-state index in [0.29, 0.717) is 13.0 Å². The average molecular weight is 527 g/mol. The molecule has 0 bridgehead atoms. The van der Waals surface area contributed by atoms with Crippen LogP contribution in [0.5, 0.6) is 0 Å². The normalized spacial score (nSPS) is 21.2. The number of carboxylic acid groups (broad SMARTS) is 1. The van der Waals surface area contributed by atoms with Crippen molar-refractivity contribution < 1.29 is 38.8 Å². The predicted molar refractivity (Wildman–Crippen MR) is 142 cm³/mol. The molecule has 3 aliphatic heterocycles. The highest BCUT2D eigenvalue weighted by molar-refractivity contribution is 5.75. The highest BCUT2D eigenvalue weighted by Gasteiger charge is 2.33. The molecule has 11 heteroatoms. The Morgan fingerprint density at radius 2 is 1.24 bits per heavy atom. The molecule has 10 nitrogen and oxygen atoms in total. The van der Waals surface area contributed by atoms with Crippen LogP contribution in [0.3, 0.4) is 0 Å². The van der Waals surface area contributed by atoms with Crippen molar-refractivity contribution in [3.8, 4) is 0 Å². The van der Waals surface area contributed by atoms with Gasteiger partial charge in [0.2, 0.25) is 0 Å². The van der Waals surface area contributed by atoms with Gasteiger partial charge >= 0.3 is 18.2 Å². The Morgan fingerprint density at radius 1 is 0.811 bits per heavy atom. The molecular weight excluding hydrogens is 479 g/mol. The number of hydrogen-bond donors (Lipinski definition) is 2. The molecule has 0 aromatic heterocycles. The molecule has 3 heterocycles. The van der Waals surface area contributed by atoms with Crippen LogP contribution in [0.4, 0.5) is 9.59 Å². The molecule has 3 aliphatic rings. The molecule has 2 N–H and O–H groups in total. The summed E-state index contributed by atoms with van der Waals surface area (Å²) in [5.74, 6) is -0.875. The summed E-state index contributed by atoms with van der Waals surface area (Å²) in [5, 5.41) is 17.6. The number of aliphatic carboxylic acids is 1. The van der Waals surface area contributed by atoms with Crippen molar-refractivity contribution in [3.63, 3.8) is 0 Å². The summed E-state index contributed by atoms with van der Waals surface area (Å²) in [7, 11) is 0. The average Bonchev–Trinajstić information content (AvgIpc) is 3.49. The SMILES string of the molecule is C1CCOC1.CC(C)(C)OC(=O)N1CCC[C@H]1CC(=O)O.CC(C)(C)OC(=O)N1CCC[C@H]1CCO.[B]. The maximum absolute atomic E-state index is 11.8. The van der Waals surface area contributed by atoms with Gasteiger partial charge in [-0.3, -0.25) is 4.79 Å². The van der Waals surface area contributed by atoms with Crippen molar-refractivity contribution >= 4 is 26.6 Å². The number of aliphatic hydroxyl groups is 1. The molecule has 0 aromatic rings. The maximum atomic E-state index is 11.8. The number of ether oxygens (including phenoxy) is 3. The van der Waals surface area contributed by atoms with Crippen molar-refractivity contribution in [2.24, 2.45) is 0 Å². The minimum absolute atomic E-state index is 0. The molecule has 0 aliphatic carbocycles. The third kappa shape index (κ3) is 15.1. The van der Waals surface area contributed by atoms with Gasteiger partial charge in [0.05, 0.1) is 6.42 Å². The van der Waals surface area contributed by atoms with Gasteiger partial charge in [-0.25, -0.2) is 9.59 Å². The summed E-state index contributed by atoms with van der Waals surface area (Å²) in [4.78, 5) is 37.4. The first-order valence-corrected chi connectivity index (χ1v) is 13.1. The number of nitrogens with zero attached hydrogens (tertiary/aromatic N) is 2. The van der Waals surface area contributed by atoms with Gasteiger partial charge in [-0.2, -0.15) is 0 Å². The van der Waals surface area contributed by atoms with E-state index in [9.17, 15) is 14.4 Å². The van der Waals surface area contributed by atoms with Gasteiger partial charge in [-0.05, 0) is 86.5 Å². The fourth-order valence-electron chi connectivity index (χ4n) is 4.17. The highest BCUT2D eigenvalue weighted by Crippen LogP contribution is 2.23. The minimum Gasteiger partial charge on any atom is -0.481 e. The Bertz CT molecular complexity index is 681. The quantitative estimate of drug-likeness (QED) is 0.525. The first kappa shape index (κ1) is 35.0. The topological polar surface area (TPSA) is 126 Å². The second-order valence-corrected chi connectivity index (χ2v) is 11.4. The minimum atomic E-state index is -0.875. The number of hydrogen-bond acceptors (Lipinski definition) is 7. The van der Waals surface area contributed by atoms with Crippen molar-refractivity contribution in [1.82, 2.24) is 9.80 Å². The summed E-state index contributed by atoms with van der Waals surface area (Å²) in [5.41, 5.74) is -0.975. The summed E-state index contributed by atoms with van der Waals surface area (Å²) >= 11 is 0. The molecule has 3 radical (unpaired) electrons. The van der Waals surface area contributed by atoms with E-state index >= 15 is 0 Å². The Morgan fingerprint density at radius 3 is 1.59 bits per heavy atom.